The highest BCUT2D eigenvalue weighted by Crippen LogP contribution is 2.36. The van der Waals surface area contributed by atoms with Crippen molar-refractivity contribution < 1.29 is 37.0 Å². The second kappa shape index (κ2) is 10.2. The van der Waals surface area contributed by atoms with Gasteiger partial charge in [0, 0.05) is 47.0 Å². The van der Waals surface area contributed by atoms with Gasteiger partial charge in [-0.25, -0.2) is 9.59 Å². The minimum atomic E-state index is -5.16. The van der Waals surface area contributed by atoms with E-state index in [4.69, 9.17) is 4.42 Å². The molecule has 0 aliphatic heterocycles. The van der Waals surface area contributed by atoms with E-state index in [1.54, 1.807) is 49.0 Å². The predicted octanol–water partition coefficient (Wildman–Crippen LogP) is 6.60. The number of nitrogens with zero attached hydrogens (tertiary/aromatic N) is 1. The summed E-state index contributed by atoms with van der Waals surface area (Å²) in [6, 6.07) is 14.8. The van der Waals surface area contributed by atoms with Crippen molar-refractivity contribution in [2.75, 3.05) is 5.32 Å². The number of esters is 1. The van der Waals surface area contributed by atoms with E-state index < -0.39 is 24.2 Å². The van der Waals surface area contributed by atoms with E-state index in [9.17, 15) is 32.7 Å². The Morgan fingerprint density at radius 3 is 2.49 bits per heavy atom. The summed E-state index contributed by atoms with van der Waals surface area (Å²) in [5, 5.41) is 13.5. The fourth-order valence-electron chi connectivity index (χ4n) is 4.79. The summed E-state index contributed by atoms with van der Waals surface area (Å²) in [5.74, 6) is -3.62. The van der Waals surface area contributed by atoms with E-state index in [0.29, 0.717) is 33.1 Å². The normalized spacial score (nSPS) is 12.4. The maximum absolute atomic E-state index is 13.3. The first kappa shape index (κ1) is 27.5. The standard InChI is InChI=1S/C30H23F3N2O6/c1-15-10-19(16(2)34-23-7-5-4-6-18(23)28(37)38)27-21(11-15)25(36)13-26(41-27)22-14-35(3)24-9-8-17(12-20(22)24)40-29(39)30(31,32)33/h4-14,16,34H,1-3H3,(H,37,38). The van der Waals surface area contributed by atoms with Gasteiger partial charge >= 0.3 is 18.1 Å². The summed E-state index contributed by atoms with van der Waals surface area (Å²) in [5.41, 5.74) is 2.76. The first-order valence-corrected chi connectivity index (χ1v) is 12.4. The molecular formula is C30H23F3N2O6. The summed E-state index contributed by atoms with van der Waals surface area (Å²) in [4.78, 5) is 36.4. The van der Waals surface area contributed by atoms with Gasteiger partial charge in [-0.15, -0.1) is 0 Å². The lowest BCUT2D eigenvalue weighted by Crippen LogP contribution is -2.27. The Bertz CT molecular complexity index is 1900. The van der Waals surface area contributed by atoms with Gasteiger partial charge in [0.05, 0.1) is 17.0 Å². The Morgan fingerprint density at radius 2 is 1.78 bits per heavy atom. The number of hydrogen-bond donors (Lipinski definition) is 2. The van der Waals surface area contributed by atoms with Crippen LogP contribution in [-0.4, -0.2) is 27.8 Å². The van der Waals surface area contributed by atoms with E-state index in [0.717, 1.165) is 5.56 Å². The summed E-state index contributed by atoms with van der Waals surface area (Å²) in [6.07, 6.45) is -3.51. The first-order chi connectivity index (χ1) is 19.3. The molecule has 2 aromatic heterocycles. The van der Waals surface area contributed by atoms with Crippen molar-refractivity contribution in [2.45, 2.75) is 26.1 Å². The number of hydrogen-bond acceptors (Lipinski definition) is 6. The second-order valence-corrected chi connectivity index (χ2v) is 9.64. The van der Waals surface area contributed by atoms with Crippen LogP contribution in [0.25, 0.3) is 33.2 Å². The highest BCUT2D eigenvalue weighted by Gasteiger charge is 2.41. The summed E-state index contributed by atoms with van der Waals surface area (Å²) in [6.45, 7) is 3.63. The third kappa shape index (κ3) is 5.25. The number of fused-ring (bicyclic) bond motifs is 2. The molecule has 0 saturated heterocycles. The van der Waals surface area contributed by atoms with Crippen molar-refractivity contribution in [3.05, 3.63) is 93.8 Å². The van der Waals surface area contributed by atoms with Crippen LogP contribution in [0.5, 0.6) is 5.75 Å². The van der Waals surface area contributed by atoms with E-state index in [-0.39, 0.29) is 28.1 Å². The van der Waals surface area contributed by atoms with Crippen LogP contribution >= 0.6 is 0 Å². The lowest BCUT2D eigenvalue weighted by molar-refractivity contribution is -0.189. The number of halogens is 3. The number of benzene rings is 3. The Hall–Kier alpha value is -5.06. The molecule has 2 heterocycles. The molecule has 1 unspecified atom stereocenters. The number of aryl methyl sites for hydroxylation is 2. The zero-order valence-corrected chi connectivity index (χ0v) is 22.0. The molecule has 0 saturated carbocycles. The predicted molar refractivity (Wildman–Crippen MR) is 146 cm³/mol. The monoisotopic (exact) mass is 564 g/mol. The molecule has 0 radical (unpaired) electrons. The molecule has 41 heavy (non-hydrogen) atoms. The maximum Gasteiger partial charge on any atom is 0.491 e. The average Bonchev–Trinajstić information content (AvgIpc) is 3.23. The number of ether oxygens (including phenoxy) is 1. The largest absolute Gasteiger partial charge is 0.491 e. The average molecular weight is 565 g/mol. The molecule has 0 spiro atoms. The van der Waals surface area contributed by atoms with Crippen LogP contribution in [0.15, 0.2) is 76.1 Å². The number of carbonyl (C=O) groups is 2. The molecule has 3 aromatic carbocycles. The molecule has 0 fully saturated rings. The molecule has 0 amide bonds. The van der Waals surface area contributed by atoms with Gasteiger partial charge in [-0.2, -0.15) is 13.2 Å². The summed E-state index contributed by atoms with van der Waals surface area (Å²) >= 11 is 0. The molecule has 0 bridgehead atoms. The van der Waals surface area contributed by atoms with Crippen molar-refractivity contribution >= 4 is 39.5 Å². The SMILES string of the molecule is Cc1cc(C(C)Nc2ccccc2C(=O)O)c2oc(-c3cn(C)c4ccc(OC(=O)C(F)(F)F)cc34)cc(=O)c2c1. The molecule has 5 aromatic rings. The number of rotatable bonds is 6. The zero-order valence-electron chi connectivity index (χ0n) is 22.0. The highest BCUT2D eigenvalue weighted by molar-refractivity contribution is 5.97. The minimum absolute atomic E-state index is 0.0798. The van der Waals surface area contributed by atoms with Crippen molar-refractivity contribution in [2.24, 2.45) is 7.05 Å². The number of carbonyl (C=O) groups excluding carboxylic acids is 1. The topological polar surface area (TPSA) is 111 Å². The van der Waals surface area contributed by atoms with Crippen LogP contribution in [0.2, 0.25) is 0 Å². The minimum Gasteiger partial charge on any atom is -0.478 e. The van der Waals surface area contributed by atoms with Gasteiger partial charge in [-0.1, -0.05) is 18.2 Å². The van der Waals surface area contributed by atoms with Gasteiger partial charge in [0.15, 0.2) is 5.43 Å². The molecular weight excluding hydrogens is 541 g/mol. The van der Waals surface area contributed by atoms with Crippen LogP contribution in [0, 0.1) is 6.92 Å². The number of alkyl halides is 3. The molecule has 0 aliphatic carbocycles. The van der Waals surface area contributed by atoms with Gasteiger partial charge in [-0.3, -0.25) is 4.79 Å². The zero-order chi connectivity index (χ0) is 29.6. The summed E-state index contributed by atoms with van der Waals surface area (Å²) in [7, 11) is 1.72. The van der Waals surface area contributed by atoms with Crippen LogP contribution in [0.4, 0.5) is 18.9 Å². The molecule has 11 heteroatoms. The fourth-order valence-corrected chi connectivity index (χ4v) is 4.79. The Kier molecular flexibility index (Phi) is 6.82. The van der Waals surface area contributed by atoms with Gasteiger partial charge in [0.25, 0.3) is 0 Å². The number of para-hydroxylation sites is 1. The molecule has 5 rings (SSSR count). The fraction of sp³-hybridized carbons (Fsp3) is 0.167. The number of anilines is 1. The lowest BCUT2D eigenvalue weighted by Gasteiger charge is -2.19. The maximum atomic E-state index is 13.3. The van der Waals surface area contributed by atoms with Crippen LogP contribution in [-0.2, 0) is 11.8 Å². The highest BCUT2D eigenvalue weighted by atomic mass is 19.4. The van der Waals surface area contributed by atoms with Gasteiger partial charge < -0.3 is 24.1 Å². The number of carboxylic acid groups (broad SMARTS) is 1. The molecule has 210 valence electrons. The van der Waals surface area contributed by atoms with Gasteiger partial charge in [0.2, 0.25) is 0 Å². The Balaban J connectivity index is 1.63. The van der Waals surface area contributed by atoms with Crippen molar-refractivity contribution in [3.8, 4) is 17.1 Å². The Morgan fingerprint density at radius 1 is 1.05 bits per heavy atom. The number of aromatic nitrogens is 1. The van der Waals surface area contributed by atoms with Crippen molar-refractivity contribution in [1.29, 1.82) is 0 Å². The van der Waals surface area contributed by atoms with E-state index in [1.807, 2.05) is 13.0 Å². The second-order valence-electron chi connectivity index (χ2n) is 9.64. The van der Waals surface area contributed by atoms with E-state index >= 15 is 0 Å². The van der Waals surface area contributed by atoms with Crippen LogP contribution in [0.3, 0.4) is 0 Å². The smallest absolute Gasteiger partial charge is 0.478 e. The van der Waals surface area contributed by atoms with Crippen LogP contribution in [0.1, 0.15) is 34.5 Å². The molecule has 1 atom stereocenters. The number of nitrogens with one attached hydrogen (secondary N) is 1. The third-order valence-corrected chi connectivity index (χ3v) is 6.67. The van der Waals surface area contributed by atoms with Crippen LogP contribution < -0.4 is 15.5 Å². The van der Waals surface area contributed by atoms with Gasteiger partial charge in [-0.05, 0) is 55.8 Å². The Labute approximate surface area is 230 Å². The molecule has 2 N–H and O–H groups in total. The van der Waals surface area contributed by atoms with Crippen molar-refractivity contribution in [1.82, 2.24) is 4.57 Å². The van der Waals surface area contributed by atoms with Crippen molar-refractivity contribution in [3.63, 3.8) is 0 Å². The number of carboxylic acids is 1. The first-order valence-electron chi connectivity index (χ1n) is 12.4. The lowest BCUT2D eigenvalue weighted by atomic mass is 10.00. The number of aromatic carboxylic acids is 1. The van der Waals surface area contributed by atoms with E-state index in [2.05, 4.69) is 10.1 Å². The third-order valence-electron chi connectivity index (χ3n) is 6.67. The summed E-state index contributed by atoms with van der Waals surface area (Å²) < 4.78 is 50.8. The quantitative estimate of drug-likeness (QED) is 0.177. The molecule has 8 nitrogen and oxygen atoms in total. The molecule has 0 aliphatic rings. The van der Waals surface area contributed by atoms with E-state index in [1.165, 1.54) is 30.3 Å². The van der Waals surface area contributed by atoms with Gasteiger partial charge in [0.1, 0.15) is 17.1 Å².